The van der Waals surface area contributed by atoms with Gasteiger partial charge in [0, 0.05) is 23.9 Å². The van der Waals surface area contributed by atoms with Crippen LogP contribution in [0.25, 0.3) is 11.0 Å². The maximum atomic E-state index is 13.0. The van der Waals surface area contributed by atoms with E-state index in [9.17, 15) is 14.8 Å². The lowest BCUT2D eigenvalue weighted by atomic mass is 9.96. The van der Waals surface area contributed by atoms with Crippen molar-refractivity contribution in [3.8, 4) is 0 Å². The molecule has 1 saturated carbocycles. The van der Waals surface area contributed by atoms with E-state index in [1.165, 1.54) is 11.3 Å². The summed E-state index contributed by atoms with van der Waals surface area (Å²) < 4.78 is 8.09. The van der Waals surface area contributed by atoms with Gasteiger partial charge in [-0.25, -0.2) is 15.4 Å². The molecule has 2 fully saturated rings. The van der Waals surface area contributed by atoms with Gasteiger partial charge in [0.2, 0.25) is 5.91 Å². The average molecular weight is 484 g/mol. The van der Waals surface area contributed by atoms with Gasteiger partial charge in [-0.15, -0.1) is 11.3 Å². The number of imidazole rings is 1. The number of ether oxygens (including phenoxy) is 1. The van der Waals surface area contributed by atoms with Crippen molar-refractivity contribution in [1.29, 1.82) is 0 Å². The minimum atomic E-state index is -0.545. The van der Waals surface area contributed by atoms with Crippen molar-refractivity contribution in [2.45, 2.75) is 63.6 Å². The highest BCUT2D eigenvalue weighted by atomic mass is 32.1. The van der Waals surface area contributed by atoms with Crippen LogP contribution in [0.15, 0.2) is 29.6 Å². The fourth-order valence-electron chi connectivity index (χ4n) is 5.32. The highest BCUT2D eigenvalue weighted by Crippen LogP contribution is 2.44. The van der Waals surface area contributed by atoms with Crippen LogP contribution in [0, 0.1) is 5.92 Å². The smallest absolute Gasteiger partial charge is 0.271 e. The number of benzene rings is 1. The van der Waals surface area contributed by atoms with Crippen molar-refractivity contribution < 1.29 is 19.5 Å². The van der Waals surface area contributed by atoms with E-state index in [2.05, 4.69) is 28.7 Å². The Labute approximate surface area is 201 Å². The second-order valence-electron chi connectivity index (χ2n) is 9.53. The van der Waals surface area contributed by atoms with Crippen LogP contribution in [-0.2, 0) is 16.1 Å². The maximum Gasteiger partial charge on any atom is 0.271 e. The number of rotatable bonds is 6. The van der Waals surface area contributed by atoms with Gasteiger partial charge in [-0.05, 0) is 37.8 Å². The number of hydrogen-bond acceptors (Lipinski definition) is 7. The van der Waals surface area contributed by atoms with E-state index < -0.39 is 23.5 Å². The van der Waals surface area contributed by atoms with Gasteiger partial charge in [-0.3, -0.25) is 14.8 Å². The summed E-state index contributed by atoms with van der Waals surface area (Å²) in [5.41, 5.74) is 3.65. The van der Waals surface area contributed by atoms with Crippen molar-refractivity contribution >= 4 is 34.2 Å². The largest absolute Gasteiger partial charge is 0.375 e. The molecule has 0 bridgehead atoms. The average Bonchev–Trinajstić information content (AvgIpc) is 3.61. The quantitative estimate of drug-likeness (QED) is 0.366. The molecule has 1 aromatic carbocycles. The number of nitrogens with zero attached hydrogens (tertiary/aromatic N) is 3. The molecular formula is C24H29N5O4S. The Morgan fingerprint density at radius 3 is 2.85 bits per heavy atom. The number of carbonyl (C=O) groups excluding carboxylic acids is 2. The molecule has 3 aromatic rings. The third-order valence-electron chi connectivity index (χ3n) is 6.90. The number of hydroxylamine groups is 1. The highest BCUT2D eigenvalue weighted by Gasteiger charge is 2.51. The number of para-hydroxylation sites is 2. The number of aromatic nitrogens is 3. The standard InChI is InChI=1S/C24H29N5O4S/c1-14(2)21-26-16-6-3-4-7-19(16)29(21)12-20-25-18(13-34-20)23(31)27-17-11-24(8-5-9-33-24)10-15(17)22(30)28-32/h3-4,6-7,13-15,17,32H,5,8-12H2,1-2H3,(H,27,31)(H,28,30)/t15-,17+,24-/m1/s1. The van der Waals surface area contributed by atoms with Crippen LogP contribution < -0.4 is 10.8 Å². The van der Waals surface area contributed by atoms with Gasteiger partial charge < -0.3 is 14.6 Å². The molecule has 1 aliphatic heterocycles. The molecule has 3 heterocycles. The summed E-state index contributed by atoms with van der Waals surface area (Å²) in [6.45, 7) is 5.41. The van der Waals surface area contributed by atoms with Gasteiger partial charge in [0.15, 0.2) is 0 Å². The summed E-state index contributed by atoms with van der Waals surface area (Å²) in [6, 6.07) is 7.59. The molecule has 0 unspecified atom stereocenters. The van der Waals surface area contributed by atoms with Crippen LogP contribution in [0.4, 0.5) is 0 Å². The van der Waals surface area contributed by atoms with Gasteiger partial charge >= 0.3 is 0 Å². The van der Waals surface area contributed by atoms with Gasteiger partial charge in [-0.2, -0.15) is 0 Å². The molecule has 1 saturated heterocycles. The summed E-state index contributed by atoms with van der Waals surface area (Å²) in [5, 5.41) is 14.7. The van der Waals surface area contributed by atoms with Crippen LogP contribution in [0.2, 0.25) is 0 Å². The Kier molecular flexibility index (Phi) is 6.13. The third kappa shape index (κ3) is 4.21. The minimum absolute atomic E-state index is 0.247. The van der Waals surface area contributed by atoms with Crippen LogP contribution in [0.1, 0.15) is 66.8 Å². The molecule has 2 aromatic heterocycles. The monoisotopic (exact) mass is 483 g/mol. The molecule has 0 radical (unpaired) electrons. The van der Waals surface area contributed by atoms with Crippen LogP contribution in [0.5, 0.6) is 0 Å². The molecule has 2 amide bonds. The van der Waals surface area contributed by atoms with E-state index in [0.29, 0.717) is 31.7 Å². The lowest BCUT2D eigenvalue weighted by Gasteiger charge is -2.22. The molecule has 2 aliphatic rings. The second-order valence-corrected chi connectivity index (χ2v) is 10.5. The molecule has 1 spiro atoms. The third-order valence-corrected chi connectivity index (χ3v) is 7.73. The van der Waals surface area contributed by atoms with Crippen LogP contribution >= 0.6 is 11.3 Å². The van der Waals surface area contributed by atoms with E-state index in [0.717, 1.165) is 34.7 Å². The highest BCUT2D eigenvalue weighted by molar-refractivity contribution is 7.09. The van der Waals surface area contributed by atoms with Crippen molar-refractivity contribution in [3.05, 3.63) is 46.2 Å². The van der Waals surface area contributed by atoms with Crippen LogP contribution in [0.3, 0.4) is 0 Å². The van der Waals surface area contributed by atoms with Gasteiger partial charge in [0.1, 0.15) is 16.5 Å². The van der Waals surface area contributed by atoms with E-state index in [-0.39, 0.29) is 11.8 Å². The van der Waals surface area contributed by atoms with Gasteiger partial charge in [0.05, 0.1) is 29.1 Å². The predicted octanol–water partition coefficient (Wildman–Crippen LogP) is 3.23. The number of amides is 2. The summed E-state index contributed by atoms with van der Waals surface area (Å²) in [7, 11) is 0. The van der Waals surface area contributed by atoms with E-state index in [1.54, 1.807) is 10.9 Å². The maximum absolute atomic E-state index is 13.0. The first-order valence-corrected chi connectivity index (χ1v) is 12.6. The number of hydrogen-bond donors (Lipinski definition) is 3. The Balaban J connectivity index is 1.33. The molecule has 34 heavy (non-hydrogen) atoms. The van der Waals surface area contributed by atoms with Crippen molar-refractivity contribution in [2.24, 2.45) is 5.92 Å². The molecular weight excluding hydrogens is 454 g/mol. The summed E-state index contributed by atoms with van der Waals surface area (Å²) in [5.74, 6) is -0.135. The second kappa shape index (κ2) is 9.09. The van der Waals surface area contributed by atoms with Crippen LogP contribution in [-0.4, -0.2) is 49.8 Å². The molecule has 180 valence electrons. The van der Waals surface area contributed by atoms with Gasteiger partial charge in [0.25, 0.3) is 5.91 Å². The molecule has 5 rings (SSSR count). The zero-order valence-electron chi connectivity index (χ0n) is 19.3. The Hall–Kier alpha value is -2.82. The molecule has 10 heteroatoms. The summed E-state index contributed by atoms with van der Waals surface area (Å²) in [4.78, 5) is 34.7. The zero-order valence-corrected chi connectivity index (χ0v) is 20.1. The van der Waals surface area contributed by atoms with Crippen molar-refractivity contribution in [1.82, 2.24) is 25.3 Å². The van der Waals surface area contributed by atoms with E-state index in [4.69, 9.17) is 9.72 Å². The number of nitrogens with one attached hydrogen (secondary N) is 2. The zero-order chi connectivity index (χ0) is 23.9. The minimum Gasteiger partial charge on any atom is -0.375 e. The first-order chi connectivity index (χ1) is 16.4. The first-order valence-electron chi connectivity index (χ1n) is 11.7. The van der Waals surface area contributed by atoms with Crippen molar-refractivity contribution in [2.75, 3.05) is 6.61 Å². The fraction of sp³-hybridized carbons (Fsp3) is 0.500. The SMILES string of the molecule is CC(C)c1nc2ccccc2n1Cc1nc(C(=O)N[C@H]2C[C@@]3(CCCO3)C[C@H]2C(=O)NO)cs1. The van der Waals surface area contributed by atoms with Gasteiger partial charge in [-0.1, -0.05) is 26.0 Å². The van der Waals surface area contributed by atoms with Crippen molar-refractivity contribution in [3.63, 3.8) is 0 Å². The topological polar surface area (TPSA) is 118 Å². The Bertz CT molecular complexity index is 1210. The molecule has 3 N–H and O–H groups in total. The normalized spacial score (nSPS) is 24.4. The summed E-state index contributed by atoms with van der Waals surface area (Å²) in [6.07, 6.45) is 2.82. The molecule has 9 nitrogen and oxygen atoms in total. The molecule has 3 atom stereocenters. The lowest BCUT2D eigenvalue weighted by Crippen LogP contribution is -2.43. The Morgan fingerprint density at radius 2 is 2.12 bits per heavy atom. The fourth-order valence-corrected chi connectivity index (χ4v) is 6.09. The first kappa shape index (κ1) is 22.9. The summed E-state index contributed by atoms with van der Waals surface area (Å²) >= 11 is 1.43. The molecule has 1 aliphatic carbocycles. The van der Waals surface area contributed by atoms with E-state index in [1.807, 2.05) is 24.3 Å². The predicted molar refractivity (Wildman–Crippen MR) is 127 cm³/mol. The lowest BCUT2D eigenvalue weighted by molar-refractivity contribution is -0.134. The number of thiazole rings is 1. The number of carbonyl (C=O) groups is 2. The number of fused-ring (bicyclic) bond motifs is 1. The van der Waals surface area contributed by atoms with E-state index >= 15 is 0 Å². The Morgan fingerprint density at radius 1 is 1.29 bits per heavy atom.